The summed E-state index contributed by atoms with van der Waals surface area (Å²) in [7, 11) is -3.64. The van der Waals surface area contributed by atoms with E-state index in [9.17, 15) is 18.0 Å². The molecule has 0 fully saturated rings. The highest BCUT2D eigenvalue weighted by molar-refractivity contribution is 7.92. The predicted octanol–water partition coefficient (Wildman–Crippen LogP) is 6.01. The molecule has 41 heavy (non-hydrogen) atoms. The molecular weight excluding hydrogens is 581 g/mol. The molecule has 10 heteroatoms. The van der Waals surface area contributed by atoms with E-state index in [0.717, 1.165) is 17.4 Å². The molecule has 0 saturated heterocycles. The molecule has 0 aromatic heterocycles. The largest absolute Gasteiger partial charge is 0.352 e. The van der Waals surface area contributed by atoms with Crippen LogP contribution in [0.4, 0.5) is 5.69 Å². The van der Waals surface area contributed by atoms with Gasteiger partial charge < -0.3 is 10.2 Å². The van der Waals surface area contributed by atoms with Gasteiger partial charge in [-0.05, 0) is 68.1 Å². The highest BCUT2D eigenvalue weighted by atomic mass is 35.5. The molecule has 0 spiro atoms. The van der Waals surface area contributed by atoms with Crippen molar-refractivity contribution in [2.45, 2.75) is 58.7 Å². The van der Waals surface area contributed by atoms with Gasteiger partial charge in [0.25, 0.3) is 0 Å². The molecule has 1 N–H and O–H groups in total. The zero-order chi connectivity index (χ0) is 30.2. The van der Waals surface area contributed by atoms with Crippen molar-refractivity contribution in [3.8, 4) is 0 Å². The van der Waals surface area contributed by atoms with Crippen LogP contribution >= 0.6 is 23.2 Å². The SMILES string of the molecule is Cc1c(Cl)cccc1N(CCCC(=O)N(Cc1cccc(Cl)c1)[C@@H](Cc1ccccc1)C(=O)NC(C)C)S(C)(=O)=O. The molecule has 0 aliphatic rings. The lowest BCUT2D eigenvalue weighted by molar-refractivity contribution is -0.141. The number of nitrogens with one attached hydrogen (secondary N) is 1. The summed E-state index contributed by atoms with van der Waals surface area (Å²) in [5.74, 6) is -0.521. The maximum absolute atomic E-state index is 13.9. The fraction of sp³-hybridized carbons (Fsp3) is 0.355. The summed E-state index contributed by atoms with van der Waals surface area (Å²) in [5.41, 5.74) is 2.82. The van der Waals surface area contributed by atoms with Gasteiger partial charge in [0.05, 0.1) is 11.9 Å². The van der Waals surface area contributed by atoms with E-state index in [4.69, 9.17) is 23.2 Å². The first-order chi connectivity index (χ1) is 19.4. The molecule has 3 rings (SSSR count). The van der Waals surface area contributed by atoms with Crippen molar-refractivity contribution in [1.82, 2.24) is 10.2 Å². The van der Waals surface area contributed by atoms with Crippen molar-refractivity contribution in [3.05, 3.63) is 99.5 Å². The van der Waals surface area contributed by atoms with Crippen molar-refractivity contribution >= 4 is 50.7 Å². The zero-order valence-corrected chi connectivity index (χ0v) is 26.1. The van der Waals surface area contributed by atoms with E-state index in [1.54, 1.807) is 48.2 Å². The highest BCUT2D eigenvalue weighted by Gasteiger charge is 2.31. The summed E-state index contributed by atoms with van der Waals surface area (Å²) >= 11 is 12.5. The van der Waals surface area contributed by atoms with Gasteiger partial charge in [-0.25, -0.2) is 8.42 Å². The summed E-state index contributed by atoms with van der Waals surface area (Å²) in [6.07, 6.45) is 1.73. The molecule has 0 radical (unpaired) electrons. The summed E-state index contributed by atoms with van der Waals surface area (Å²) in [6, 6.07) is 20.9. The van der Waals surface area contributed by atoms with Gasteiger partial charge in [0.15, 0.2) is 0 Å². The lowest BCUT2D eigenvalue weighted by Crippen LogP contribution is -2.51. The molecule has 3 aromatic rings. The summed E-state index contributed by atoms with van der Waals surface area (Å²) < 4.78 is 26.7. The van der Waals surface area contributed by atoms with E-state index in [-0.39, 0.29) is 43.8 Å². The van der Waals surface area contributed by atoms with Crippen LogP contribution in [0.3, 0.4) is 0 Å². The van der Waals surface area contributed by atoms with E-state index in [1.165, 1.54) is 4.31 Å². The number of nitrogens with zero attached hydrogens (tertiary/aromatic N) is 2. The van der Waals surface area contributed by atoms with E-state index < -0.39 is 16.1 Å². The second kappa shape index (κ2) is 14.7. The van der Waals surface area contributed by atoms with Crippen LogP contribution in [0.2, 0.25) is 10.0 Å². The van der Waals surface area contributed by atoms with Crippen LogP contribution in [-0.2, 0) is 32.6 Å². The number of benzene rings is 3. The second-order valence-electron chi connectivity index (χ2n) is 10.3. The lowest BCUT2D eigenvalue weighted by atomic mass is 10.0. The summed E-state index contributed by atoms with van der Waals surface area (Å²) in [6.45, 7) is 5.76. The molecular formula is C31H37Cl2N3O4S. The summed E-state index contributed by atoms with van der Waals surface area (Å²) in [5, 5.41) is 3.95. The molecule has 0 unspecified atom stereocenters. The first-order valence-corrected chi connectivity index (χ1v) is 16.1. The summed E-state index contributed by atoms with van der Waals surface area (Å²) in [4.78, 5) is 28.9. The fourth-order valence-electron chi connectivity index (χ4n) is 4.62. The van der Waals surface area contributed by atoms with Crippen LogP contribution in [0.15, 0.2) is 72.8 Å². The number of amides is 2. The van der Waals surface area contributed by atoms with Crippen LogP contribution < -0.4 is 9.62 Å². The third-order valence-electron chi connectivity index (χ3n) is 6.60. The minimum atomic E-state index is -3.64. The van der Waals surface area contributed by atoms with Gasteiger partial charge in [0, 0.05) is 42.0 Å². The minimum Gasteiger partial charge on any atom is -0.352 e. The Morgan fingerprint density at radius 1 is 0.927 bits per heavy atom. The third kappa shape index (κ3) is 9.48. The van der Waals surface area contributed by atoms with Crippen molar-refractivity contribution in [2.75, 3.05) is 17.1 Å². The molecule has 220 valence electrons. The molecule has 0 saturated carbocycles. The normalized spacial score (nSPS) is 12.2. The molecule has 0 aliphatic carbocycles. The first-order valence-electron chi connectivity index (χ1n) is 13.5. The number of carbonyl (C=O) groups excluding carboxylic acids is 2. The molecule has 2 amide bonds. The fourth-order valence-corrected chi connectivity index (χ4v) is 6.01. The maximum Gasteiger partial charge on any atom is 0.243 e. The van der Waals surface area contributed by atoms with Crippen LogP contribution in [0.25, 0.3) is 0 Å². The first kappa shape index (κ1) is 32.4. The van der Waals surface area contributed by atoms with Crippen LogP contribution in [-0.4, -0.2) is 50.0 Å². The van der Waals surface area contributed by atoms with E-state index in [2.05, 4.69) is 5.32 Å². The number of hydrogen-bond donors (Lipinski definition) is 1. The molecule has 3 aromatic carbocycles. The van der Waals surface area contributed by atoms with E-state index in [1.807, 2.05) is 50.2 Å². The molecule has 1 atom stereocenters. The predicted molar refractivity (Wildman–Crippen MR) is 167 cm³/mol. The topological polar surface area (TPSA) is 86.8 Å². The number of carbonyl (C=O) groups is 2. The van der Waals surface area contributed by atoms with Crippen LogP contribution in [0, 0.1) is 6.92 Å². The van der Waals surface area contributed by atoms with Crippen molar-refractivity contribution in [2.24, 2.45) is 0 Å². The number of sulfonamides is 1. The Bertz CT molecular complexity index is 1450. The third-order valence-corrected chi connectivity index (χ3v) is 8.43. The van der Waals surface area contributed by atoms with Crippen molar-refractivity contribution in [3.63, 3.8) is 0 Å². The standard InChI is InChI=1S/C31H37Cl2N3O4S/c1-22(2)34-31(38)29(20-24-11-6-5-7-12-24)35(21-25-13-8-14-26(32)19-25)30(37)17-10-18-36(41(4,39)40)28-16-9-15-27(33)23(28)3/h5-9,11-16,19,22,29H,10,17-18,20-21H2,1-4H3,(H,34,38)/t29-/m0/s1. The lowest BCUT2D eigenvalue weighted by Gasteiger charge is -2.32. The number of rotatable bonds is 13. The van der Waals surface area contributed by atoms with Crippen LogP contribution in [0.1, 0.15) is 43.4 Å². The Kier molecular flexibility index (Phi) is 11.6. The highest BCUT2D eigenvalue weighted by Crippen LogP contribution is 2.28. The number of hydrogen-bond acceptors (Lipinski definition) is 4. The Morgan fingerprint density at radius 2 is 1.59 bits per heavy atom. The quantitative estimate of drug-likeness (QED) is 0.254. The molecule has 0 bridgehead atoms. The van der Waals surface area contributed by atoms with Gasteiger partial charge >= 0.3 is 0 Å². The Balaban J connectivity index is 1.90. The van der Waals surface area contributed by atoms with Gasteiger partial charge in [-0.3, -0.25) is 13.9 Å². The Labute approximate surface area is 253 Å². The van der Waals surface area contributed by atoms with E-state index in [0.29, 0.717) is 27.7 Å². The molecule has 7 nitrogen and oxygen atoms in total. The average Bonchev–Trinajstić information content (AvgIpc) is 2.90. The average molecular weight is 619 g/mol. The van der Waals surface area contributed by atoms with Gasteiger partial charge in [-0.15, -0.1) is 0 Å². The number of anilines is 1. The van der Waals surface area contributed by atoms with Crippen molar-refractivity contribution in [1.29, 1.82) is 0 Å². The second-order valence-corrected chi connectivity index (χ2v) is 13.1. The van der Waals surface area contributed by atoms with E-state index >= 15 is 0 Å². The molecule has 0 heterocycles. The monoisotopic (exact) mass is 617 g/mol. The van der Waals surface area contributed by atoms with Gasteiger partial charge in [0.1, 0.15) is 6.04 Å². The van der Waals surface area contributed by atoms with Crippen LogP contribution in [0.5, 0.6) is 0 Å². The molecule has 0 aliphatic heterocycles. The van der Waals surface area contributed by atoms with Gasteiger partial charge in [-0.2, -0.15) is 0 Å². The minimum absolute atomic E-state index is 0.0342. The maximum atomic E-state index is 13.9. The smallest absolute Gasteiger partial charge is 0.243 e. The number of halogens is 2. The van der Waals surface area contributed by atoms with Gasteiger partial charge in [0.2, 0.25) is 21.8 Å². The Hall–Kier alpha value is -3.07. The zero-order valence-electron chi connectivity index (χ0n) is 23.8. The van der Waals surface area contributed by atoms with Gasteiger partial charge in [-0.1, -0.05) is 71.7 Å². The Morgan fingerprint density at radius 3 is 2.22 bits per heavy atom. The van der Waals surface area contributed by atoms with Crippen molar-refractivity contribution < 1.29 is 18.0 Å².